The number of carbonyl (C=O) groups excluding carboxylic acids is 1. The number of primary amides is 1. The zero-order chi connectivity index (χ0) is 11.0. The summed E-state index contributed by atoms with van der Waals surface area (Å²) < 4.78 is 0.913. The maximum absolute atomic E-state index is 11.2. The molecule has 0 saturated carbocycles. The van der Waals surface area contributed by atoms with Crippen LogP contribution in [0.5, 0.6) is 0 Å². The average molecular weight is 256 g/mol. The number of hydrogen-bond acceptors (Lipinski definition) is 3. The average Bonchev–Trinajstić information content (AvgIpc) is 2.56. The van der Waals surface area contributed by atoms with Gasteiger partial charge in [0, 0.05) is 15.6 Å². The molecule has 1 amide bonds. The van der Waals surface area contributed by atoms with Gasteiger partial charge in [-0.25, -0.2) is 0 Å². The molecule has 0 spiro atoms. The highest BCUT2D eigenvalue weighted by Crippen LogP contribution is 2.30. The Labute approximate surface area is 102 Å². The fourth-order valence-electron chi connectivity index (χ4n) is 1.49. The van der Waals surface area contributed by atoms with Crippen LogP contribution in [0.3, 0.4) is 0 Å². The smallest absolute Gasteiger partial charge is 0.259 e. The molecule has 1 aromatic carbocycles. The largest absolute Gasteiger partial charge is 0.384 e. The molecule has 2 rings (SSSR count). The van der Waals surface area contributed by atoms with Crippen LogP contribution >= 0.6 is 23.7 Å². The van der Waals surface area contributed by atoms with Gasteiger partial charge in [-0.05, 0) is 6.07 Å². The third-order valence-corrected chi connectivity index (χ3v) is 3.27. The van der Waals surface area contributed by atoms with E-state index in [0.717, 1.165) is 10.1 Å². The lowest BCUT2D eigenvalue weighted by Crippen LogP contribution is -2.18. The molecule has 1 heterocycles. The zero-order valence-electron chi connectivity index (χ0n) is 8.19. The van der Waals surface area contributed by atoms with Crippen molar-refractivity contribution in [1.29, 1.82) is 5.41 Å². The number of amides is 1. The monoisotopic (exact) mass is 255 g/mol. The molecule has 4 nitrogen and oxygen atoms in total. The highest BCUT2D eigenvalue weighted by atomic mass is 35.5. The summed E-state index contributed by atoms with van der Waals surface area (Å²) in [7, 11) is 0. The van der Waals surface area contributed by atoms with E-state index >= 15 is 0 Å². The second-order valence-electron chi connectivity index (χ2n) is 3.08. The van der Waals surface area contributed by atoms with Crippen molar-refractivity contribution in [2.45, 2.75) is 0 Å². The summed E-state index contributed by atoms with van der Waals surface area (Å²) in [5.41, 5.74) is 11.1. The van der Waals surface area contributed by atoms with Gasteiger partial charge in [-0.3, -0.25) is 10.2 Å². The minimum absolute atomic E-state index is 0. The van der Waals surface area contributed by atoms with Crippen molar-refractivity contribution in [2.75, 3.05) is 0 Å². The lowest BCUT2D eigenvalue weighted by Gasteiger charge is -1.97. The van der Waals surface area contributed by atoms with Crippen molar-refractivity contribution in [1.82, 2.24) is 0 Å². The Morgan fingerprint density at radius 1 is 1.25 bits per heavy atom. The van der Waals surface area contributed by atoms with Crippen LogP contribution in [0.25, 0.3) is 10.1 Å². The van der Waals surface area contributed by atoms with Crippen LogP contribution in [0, 0.1) is 5.41 Å². The number of nitrogens with two attached hydrogens (primary N) is 2. The topological polar surface area (TPSA) is 93.0 Å². The van der Waals surface area contributed by atoms with E-state index in [0.29, 0.717) is 10.4 Å². The summed E-state index contributed by atoms with van der Waals surface area (Å²) in [6.07, 6.45) is 0. The van der Waals surface area contributed by atoms with Gasteiger partial charge in [0.15, 0.2) is 0 Å². The van der Waals surface area contributed by atoms with Crippen LogP contribution in [0.2, 0.25) is 0 Å². The fraction of sp³-hybridized carbons (Fsp3) is 0. The van der Waals surface area contributed by atoms with Crippen molar-refractivity contribution in [3.05, 3.63) is 34.7 Å². The van der Waals surface area contributed by atoms with E-state index < -0.39 is 5.91 Å². The first-order chi connectivity index (χ1) is 7.11. The molecule has 1 aromatic heterocycles. The second-order valence-corrected chi connectivity index (χ2v) is 4.13. The van der Waals surface area contributed by atoms with Crippen LogP contribution in [0.15, 0.2) is 24.3 Å². The van der Waals surface area contributed by atoms with E-state index in [1.165, 1.54) is 11.3 Å². The number of halogens is 1. The van der Waals surface area contributed by atoms with Crippen molar-refractivity contribution in [3.8, 4) is 0 Å². The normalized spacial score (nSPS) is 9.75. The predicted molar refractivity (Wildman–Crippen MR) is 68.6 cm³/mol. The van der Waals surface area contributed by atoms with Crippen LogP contribution in [0.1, 0.15) is 15.2 Å². The van der Waals surface area contributed by atoms with E-state index in [2.05, 4.69) is 0 Å². The quantitative estimate of drug-likeness (QED) is 0.563. The number of nitrogens with one attached hydrogen (secondary N) is 1. The summed E-state index contributed by atoms with van der Waals surface area (Å²) >= 11 is 1.26. The van der Waals surface area contributed by atoms with Crippen molar-refractivity contribution in [2.24, 2.45) is 11.5 Å². The van der Waals surface area contributed by atoms with Gasteiger partial charge in [-0.1, -0.05) is 18.2 Å². The zero-order valence-corrected chi connectivity index (χ0v) is 9.82. The SMILES string of the molecule is Cl.N=C(N)c1c(C(N)=O)sc2ccccc12. The van der Waals surface area contributed by atoms with Gasteiger partial charge in [-0.15, -0.1) is 23.7 Å². The van der Waals surface area contributed by atoms with Crippen LogP contribution < -0.4 is 11.5 Å². The number of thiophene rings is 1. The lowest BCUT2D eigenvalue weighted by molar-refractivity contribution is 0.100. The van der Waals surface area contributed by atoms with Crippen LogP contribution in [0.4, 0.5) is 0 Å². The molecule has 0 bridgehead atoms. The molecule has 6 heteroatoms. The Hall–Kier alpha value is -1.59. The number of benzene rings is 1. The number of rotatable bonds is 2. The molecule has 2 aromatic rings. The molecule has 16 heavy (non-hydrogen) atoms. The maximum Gasteiger partial charge on any atom is 0.259 e. The Morgan fingerprint density at radius 2 is 1.88 bits per heavy atom. The molecule has 0 saturated heterocycles. The molecular weight excluding hydrogens is 246 g/mol. The first-order valence-electron chi connectivity index (χ1n) is 4.27. The van der Waals surface area contributed by atoms with Gasteiger partial charge < -0.3 is 11.5 Å². The van der Waals surface area contributed by atoms with Gasteiger partial charge in [0.1, 0.15) is 10.7 Å². The number of amidine groups is 1. The Balaban J connectivity index is 0.00000128. The third-order valence-electron chi connectivity index (χ3n) is 2.09. The van der Waals surface area contributed by atoms with E-state index in [4.69, 9.17) is 16.9 Å². The van der Waals surface area contributed by atoms with Gasteiger partial charge in [-0.2, -0.15) is 0 Å². The molecule has 0 aliphatic carbocycles. The fourth-order valence-corrected chi connectivity index (χ4v) is 2.56. The highest BCUT2D eigenvalue weighted by molar-refractivity contribution is 7.21. The molecule has 5 N–H and O–H groups in total. The minimum Gasteiger partial charge on any atom is -0.384 e. The molecule has 0 unspecified atom stereocenters. The van der Waals surface area contributed by atoms with Gasteiger partial charge in [0.25, 0.3) is 5.91 Å². The molecule has 0 fully saturated rings. The summed E-state index contributed by atoms with van der Waals surface area (Å²) in [5.74, 6) is -0.664. The van der Waals surface area contributed by atoms with E-state index in [1.807, 2.05) is 24.3 Å². The molecular formula is C10H10ClN3OS. The first-order valence-corrected chi connectivity index (χ1v) is 5.08. The molecule has 0 atom stereocenters. The maximum atomic E-state index is 11.2. The molecule has 0 aliphatic rings. The number of carbonyl (C=O) groups is 1. The summed E-state index contributed by atoms with van der Waals surface area (Å²) in [5, 5.41) is 8.25. The van der Waals surface area contributed by atoms with Gasteiger partial charge in [0.05, 0.1) is 0 Å². The second kappa shape index (κ2) is 4.51. The van der Waals surface area contributed by atoms with E-state index in [-0.39, 0.29) is 18.2 Å². The molecule has 0 aliphatic heterocycles. The number of hydrogen-bond donors (Lipinski definition) is 3. The number of fused-ring (bicyclic) bond motifs is 1. The van der Waals surface area contributed by atoms with E-state index in [9.17, 15) is 4.79 Å². The lowest BCUT2D eigenvalue weighted by atomic mass is 10.1. The summed E-state index contributed by atoms with van der Waals surface area (Å²) in [4.78, 5) is 11.5. The molecule has 0 radical (unpaired) electrons. The number of nitrogen functional groups attached to an aromatic ring is 1. The third kappa shape index (κ3) is 1.87. The summed E-state index contributed by atoms with van der Waals surface area (Å²) in [6, 6.07) is 7.41. The van der Waals surface area contributed by atoms with Crippen molar-refractivity contribution < 1.29 is 4.79 Å². The predicted octanol–water partition coefficient (Wildman–Crippen LogP) is 1.71. The van der Waals surface area contributed by atoms with Crippen molar-refractivity contribution >= 4 is 45.6 Å². The van der Waals surface area contributed by atoms with E-state index in [1.54, 1.807) is 0 Å². The van der Waals surface area contributed by atoms with Gasteiger partial charge in [0.2, 0.25) is 0 Å². The highest BCUT2D eigenvalue weighted by Gasteiger charge is 2.17. The van der Waals surface area contributed by atoms with Crippen LogP contribution in [-0.2, 0) is 0 Å². The van der Waals surface area contributed by atoms with Crippen LogP contribution in [-0.4, -0.2) is 11.7 Å². The minimum atomic E-state index is -0.540. The Kier molecular flexibility index (Phi) is 3.51. The Bertz CT molecular complexity index is 564. The van der Waals surface area contributed by atoms with Gasteiger partial charge >= 0.3 is 0 Å². The molecule has 84 valence electrons. The standard InChI is InChI=1S/C10H9N3OS.ClH/c11-9(12)7-5-3-1-2-4-6(5)15-8(7)10(13)14;/h1-4H,(H3,11,12)(H2,13,14);1H. The van der Waals surface area contributed by atoms with Crippen molar-refractivity contribution in [3.63, 3.8) is 0 Å². The summed E-state index contributed by atoms with van der Waals surface area (Å²) in [6.45, 7) is 0. The first kappa shape index (κ1) is 12.5. The Morgan fingerprint density at radius 3 is 2.44 bits per heavy atom.